The molecule has 8 heteroatoms. The molecule has 1 saturated heterocycles. The van der Waals surface area contributed by atoms with Gasteiger partial charge in [-0.15, -0.1) is 11.3 Å². The van der Waals surface area contributed by atoms with Crippen LogP contribution in [-0.2, 0) is 14.8 Å². The van der Waals surface area contributed by atoms with Gasteiger partial charge in [0.1, 0.15) is 0 Å². The summed E-state index contributed by atoms with van der Waals surface area (Å²) in [6.45, 7) is 0.704. The molecule has 4 rings (SSSR count). The largest absolute Gasteiger partial charge is 0.302 e. The summed E-state index contributed by atoms with van der Waals surface area (Å²) in [5.41, 5.74) is 1.92. The first-order chi connectivity index (χ1) is 13.5. The Balaban J connectivity index is 1.30. The lowest BCUT2D eigenvalue weighted by Crippen LogP contribution is -2.40. The second kappa shape index (κ2) is 8.14. The average Bonchev–Trinajstić information content (AvgIpc) is 3.47. The zero-order valence-electron chi connectivity index (χ0n) is 15.5. The zero-order chi connectivity index (χ0) is 19.6. The fourth-order valence-electron chi connectivity index (χ4n) is 3.30. The van der Waals surface area contributed by atoms with Crippen molar-refractivity contribution in [1.82, 2.24) is 9.29 Å². The normalized spacial score (nSPS) is 19.1. The molecular weight excluding hydrogens is 394 g/mol. The monoisotopic (exact) mass is 417 g/mol. The summed E-state index contributed by atoms with van der Waals surface area (Å²) in [5.74, 6) is 0.325. The van der Waals surface area contributed by atoms with E-state index in [0.717, 1.165) is 11.3 Å². The Kier molecular flexibility index (Phi) is 5.61. The van der Waals surface area contributed by atoms with Crippen molar-refractivity contribution >= 4 is 38.5 Å². The molecule has 1 aliphatic carbocycles. The highest BCUT2D eigenvalue weighted by molar-refractivity contribution is 7.92. The first-order valence-corrected chi connectivity index (χ1v) is 11.9. The van der Waals surface area contributed by atoms with Crippen molar-refractivity contribution in [3.63, 3.8) is 0 Å². The standard InChI is InChI=1S/C20H23N3O3S2/c24-19(22-20-21-18(14-27-20)16-6-7-16)17-8-11-23(12-9-17)28(25,26)13-10-15-4-2-1-3-5-15/h1-5,10,13-14,16-17H,6-9,11-12H2,(H,21,22,24)/b13-10+. The van der Waals surface area contributed by atoms with Gasteiger partial charge >= 0.3 is 0 Å². The minimum Gasteiger partial charge on any atom is -0.302 e. The Hall–Kier alpha value is -2.03. The summed E-state index contributed by atoms with van der Waals surface area (Å²) in [5, 5.41) is 6.81. The molecule has 0 atom stereocenters. The van der Waals surface area contributed by atoms with Gasteiger partial charge in [-0.05, 0) is 37.3 Å². The van der Waals surface area contributed by atoms with Gasteiger partial charge in [-0.1, -0.05) is 30.3 Å². The average molecular weight is 418 g/mol. The lowest BCUT2D eigenvalue weighted by atomic mass is 9.97. The van der Waals surface area contributed by atoms with E-state index >= 15 is 0 Å². The number of piperidine rings is 1. The molecule has 1 N–H and O–H groups in total. The minimum atomic E-state index is -3.48. The van der Waals surface area contributed by atoms with Crippen molar-refractivity contribution in [2.24, 2.45) is 5.92 Å². The minimum absolute atomic E-state index is 0.0615. The molecule has 1 aliphatic heterocycles. The summed E-state index contributed by atoms with van der Waals surface area (Å²) in [6.07, 6.45) is 5.01. The number of thiazole rings is 1. The van der Waals surface area contributed by atoms with E-state index in [2.05, 4.69) is 10.3 Å². The Morgan fingerprint density at radius 1 is 1.14 bits per heavy atom. The molecule has 0 unspecified atom stereocenters. The van der Waals surface area contributed by atoms with E-state index in [9.17, 15) is 13.2 Å². The van der Waals surface area contributed by atoms with Gasteiger partial charge in [0.25, 0.3) is 0 Å². The highest BCUT2D eigenvalue weighted by Gasteiger charge is 2.31. The molecule has 6 nitrogen and oxygen atoms in total. The molecule has 148 valence electrons. The number of anilines is 1. The van der Waals surface area contributed by atoms with Gasteiger partial charge in [0, 0.05) is 35.7 Å². The van der Waals surface area contributed by atoms with Gasteiger partial charge in [0.05, 0.1) is 5.69 Å². The van der Waals surface area contributed by atoms with Crippen LogP contribution >= 0.6 is 11.3 Å². The number of benzene rings is 1. The third-order valence-electron chi connectivity index (χ3n) is 5.16. The predicted molar refractivity (Wildman–Crippen MR) is 111 cm³/mol. The molecule has 0 bridgehead atoms. The van der Waals surface area contributed by atoms with Crippen molar-refractivity contribution in [3.8, 4) is 0 Å². The molecule has 2 heterocycles. The van der Waals surface area contributed by atoms with Crippen LogP contribution in [0.4, 0.5) is 5.13 Å². The smallest absolute Gasteiger partial charge is 0.236 e. The van der Waals surface area contributed by atoms with Crippen LogP contribution in [0.2, 0.25) is 0 Å². The van der Waals surface area contributed by atoms with Crippen molar-refractivity contribution in [2.75, 3.05) is 18.4 Å². The summed E-state index contributed by atoms with van der Waals surface area (Å²) in [4.78, 5) is 17.0. The lowest BCUT2D eigenvalue weighted by Gasteiger charge is -2.29. The van der Waals surface area contributed by atoms with Crippen molar-refractivity contribution < 1.29 is 13.2 Å². The van der Waals surface area contributed by atoms with Gasteiger partial charge in [-0.2, -0.15) is 4.31 Å². The Labute approximate surface area is 169 Å². The van der Waals surface area contributed by atoms with Crippen LogP contribution in [0.1, 0.15) is 42.9 Å². The number of nitrogens with zero attached hydrogens (tertiary/aromatic N) is 2. The molecule has 1 saturated carbocycles. The number of aromatic nitrogens is 1. The molecule has 2 aliphatic rings. The molecular formula is C20H23N3O3S2. The highest BCUT2D eigenvalue weighted by atomic mass is 32.2. The first kappa shape index (κ1) is 19.3. The maximum atomic E-state index is 12.5. The summed E-state index contributed by atoms with van der Waals surface area (Å²) in [6, 6.07) is 9.34. The number of carbonyl (C=O) groups is 1. The van der Waals surface area contributed by atoms with Crippen LogP contribution in [0.5, 0.6) is 0 Å². The highest BCUT2D eigenvalue weighted by Crippen LogP contribution is 2.41. The van der Waals surface area contributed by atoms with Crippen LogP contribution in [0.3, 0.4) is 0 Å². The maximum absolute atomic E-state index is 12.5. The number of nitrogens with one attached hydrogen (secondary N) is 1. The van der Waals surface area contributed by atoms with Gasteiger partial charge < -0.3 is 5.32 Å². The predicted octanol–water partition coefficient (Wildman–Crippen LogP) is 3.67. The van der Waals surface area contributed by atoms with Crippen LogP contribution in [0, 0.1) is 5.92 Å². The number of rotatable bonds is 6. The molecule has 2 aromatic rings. The molecule has 1 aromatic carbocycles. The summed E-state index contributed by atoms with van der Waals surface area (Å²) < 4.78 is 26.5. The lowest BCUT2D eigenvalue weighted by molar-refractivity contribution is -0.120. The van der Waals surface area contributed by atoms with Crippen LogP contribution in [-0.4, -0.2) is 36.7 Å². The fraction of sp³-hybridized carbons (Fsp3) is 0.400. The number of sulfonamides is 1. The third-order valence-corrected chi connectivity index (χ3v) is 7.51. The molecule has 0 spiro atoms. The van der Waals surface area contributed by atoms with Crippen LogP contribution in [0.25, 0.3) is 6.08 Å². The Bertz CT molecular complexity index is 958. The first-order valence-electron chi connectivity index (χ1n) is 9.51. The van der Waals surface area contributed by atoms with Crippen molar-refractivity contribution in [2.45, 2.75) is 31.6 Å². The van der Waals surface area contributed by atoms with Gasteiger partial charge in [0.2, 0.25) is 15.9 Å². The third kappa shape index (κ3) is 4.68. The number of hydrogen-bond donors (Lipinski definition) is 1. The number of carbonyl (C=O) groups excluding carboxylic acids is 1. The quantitative estimate of drug-likeness (QED) is 0.778. The summed E-state index contributed by atoms with van der Waals surface area (Å²) in [7, 11) is -3.48. The van der Waals surface area contributed by atoms with E-state index in [1.54, 1.807) is 6.08 Å². The second-order valence-electron chi connectivity index (χ2n) is 7.27. The van der Waals surface area contributed by atoms with Crippen LogP contribution in [0.15, 0.2) is 41.1 Å². The molecule has 1 amide bonds. The second-order valence-corrected chi connectivity index (χ2v) is 9.95. The Morgan fingerprint density at radius 3 is 2.54 bits per heavy atom. The number of amides is 1. The van der Waals surface area contributed by atoms with E-state index in [0.29, 0.717) is 37.0 Å². The van der Waals surface area contributed by atoms with Gasteiger partial charge in [-0.25, -0.2) is 13.4 Å². The zero-order valence-corrected chi connectivity index (χ0v) is 17.1. The van der Waals surface area contributed by atoms with Gasteiger partial charge in [-0.3, -0.25) is 4.79 Å². The van der Waals surface area contributed by atoms with Crippen molar-refractivity contribution in [1.29, 1.82) is 0 Å². The van der Waals surface area contributed by atoms with Crippen LogP contribution < -0.4 is 5.32 Å². The molecule has 0 radical (unpaired) electrons. The van der Waals surface area contributed by atoms with Crippen molar-refractivity contribution in [3.05, 3.63) is 52.4 Å². The van der Waals surface area contributed by atoms with E-state index in [-0.39, 0.29) is 11.8 Å². The summed E-state index contributed by atoms with van der Waals surface area (Å²) >= 11 is 1.46. The molecule has 28 heavy (non-hydrogen) atoms. The topological polar surface area (TPSA) is 79.4 Å². The number of hydrogen-bond acceptors (Lipinski definition) is 5. The van der Waals surface area contributed by atoms with E-state index in [4.69, 9.17) is 0 Å². The molecule has 1 aromatic heterocycles. The van der Waals surface area contributed by atoms with Gasteiger partial charge in [0.15, 0.2) is 5.13 Å². The van der Waals surface area contributed by atoms with E-state index in [1.165, 1.54) is 33.9 Å². The fourth-order valence-corrected chi connectivity index (χ4v) is 5.32. The Morgan fingerprint density at radius 2 is 1.86 bits per heavy atom. The molecule has 2 fully saturated rings. The van der Waals surface area contributed by atoms with E-state index in [1.807, 2.05) is 35.7 Å². The SMILES string of the molecule is O=C(Nc1nc(C2CC2)cs1)C1CCN(S(=O)(=O)/C=C/c2ccccc2)CC1. The maximum Gasteiger partial charge on any atom is 0.236 e. The van der Waals surface area contributed by atoms with E-state index < -0.39 is 10.0 Å².